The first-order chi connectivity index (χ1) is 11.8. The number of aryl methyl sites for hydroxylation is 1. The van der Waals surface area contributed by atoms with Crippen molar-refractivity contribution in [2.75, 3.05) is 24.5 Å². The predicted molar refractivity (Wildman–Crippen MR) is 103 cm³/mol. The molecule has 4 heteroatoms. The summed E-state index contributed by atoms with van der Waals surface area (Å²) in [6, 6.07) is 11.6. The molecule has 2 aliphatic rings. The minimum Gasteiger partial charge on any atom is -0.367 e. The van der Waals surface area contributed by atoms with Gasteiger partial charge in [-0.05, 0) is 60.9 Å². The van der Waals surface area contributed by atoms with E-state index in [-0.39, 0.29) is 0 Å². The molecule has 0 radical (unpaired) electrons. The number of nitrogens with zero attached hydrogens (tertiary/aromatic N) is 1. The zero-order valence-corrected chi connectivity index (χ0v) is 14.9. The molecular weight excluding hydrogens is 314 g/mol. The first-order valence-electron chi connectivity index (χ1n) is 9.02. The Morgan fingerprint density at radius 2 is 2.25 bits per heavy atom. The Morgan fingerprint density at radius 3 is 3.04 bits per heavy atom. The van der Waals surface area contributed by atoms with Gasteiger partial charge in [-0.3, -0.25) is 0 Å². The van der Waals surface area contributed by atoms with Crippen LogP contribution in [0.4, 0.5) is 5.69 Å². The maximum absolute atomic E-state index is 8.33. The zero-order chi connectivity index (χ0) is 16.4. The molecule has 0 amide bonds. The molecule has 0 bridgehead atoms. The van der Waals surface area contributed by atoms with Gasteiger partial charge in [0.1, 0.15) is 0 Å². The van der Waals surface area contributed by atoms with Gasteiger partial charge in [0.05, 0.1) is 5.71 Å². The van der Waals surface area contributed by atoms with E-state index in [4.69, 9.17) is 5.41 Å². The van der Waals surface area contributed by atoms with Crippen LogP contribution < -0.4 is 10.2 Å². The molecule has 0 saturated carbocycles. The molecule has 1 aromatic heterocycles. The first-order valence-corrected chi connectivity index (χ1v) is 9.90. The number of rotatable bonds is 4. The average molecular weight is 340 g/mol. The fourth-order valence-electron chi connectivity index (χ4n) is 3.97. The number of hydrogen-bond donors (Lipinski definition) is 2. The van der Waals surface area contributed by atoms with Gasteiger partial charge in [0, 0.05) is 36.1 Å². The highest BCUT2D eigenvalue weighted by Crippen LogP contribution is 2.30. The van der Waals surface area contributed by atoms with Gasteiger partial charge in [0.25, 0.3) is 0 Å². The van der Waals surface area contributed by atoms with Crippen LogP contribution in [-0.4, -0.2) is 31.4 Å². The van der Waals surface area contributed by atoms with Crippen LogP contribution in [0.1, 0.15) is 35.3 Å². The summed E-state index contributed by atoms with van der Waals surface area (Å²) in [6.45, 7) is 3.44. The molecule has 1 saturated heterocycles. The fourth-order valence-corrected chi connectivity index (χ4v) is 4.65. The Balaban J connectivity index is 1.57. The molecule has 126 valence electrons. The van der Waals surface area contributed by atoms with Gasteiger partial charge in [0.2, 0.25) is 0 Å². The van der Waals surface area contributed by atoms with E-state index in [2.05, 4.69) is 33.8 Å². The van der Waals surface area contributed by atoms with Crippen molar-refractivity contribution in [1.82, 2.24) is 5.32 Å². The van der Waals surface area contributed by atoms with Crippen LogP contribution in [0, 0.1) is 5.41 Å². The molecule has 2 N–H and O–H groups in total. The van der Waals surface area contributed by atoms with E-state index >= 15 is 0 Å². The van der Waals surface area contributed by atoms with Crippen molar-refractivity contribution in [3.63, 3.8) is 0 Å². The summed E-state index contributed by atoms with van der Waals surface area (Å²) in [4.78, 5) is 3.72. The van der Waals surface area contributed by atoms with E-state index in [1.165, 1.54) is 49.0 Å². The molecule has 1 fully saturated rings. The lowest BCUT2D eigenvalue weighted by Gasteiger charge is -2.31. The van der Waals surface area contributed by atoms with Gasteiger partial charge in [-0.15, -0.1) is 11.3 Å². The Morgan fingerprint density at radius 1 is 1.29 bits per heavy atom. The predicted octanol–water partition coefficient (Wildman–Crippen LogP) is 3.86. The lowest BCUT2D eigenvalue weighted by molar-refractivity contribution is 0.615. The van der Waals surface area contributed by atoms with Crippen LogP contribution in [0.3, 0.4) is 0 Å². The van der Waals surface area contributed by atoms with Crippen LogP contribution in [0.5, 0.6) is 0 Å². The number of nitrogens with one attached hydrogen (secondary N) is 2. The summed E-state index contributed by atoms with van der Waals surface area (Å²) in [5, 5.41) is 13.9. The third-order valence-corrected chi connectivity index (χ3v) is 6.15. The van der Waals surface area contributed by atoms with Crippen LogP contribution in [-0.2, 0) is 12.8 Å². The molecule has 4 rings (SSSR count). The second-order valence-electron chi connectivity index (χ2n) is 6.89. The fraction of sp³-hybridized carbons (Fsp3) is 0.450. The molecule has 0 aliphatic carbocycles. The molecule has 1 unspecified atom stereocenters. The summed E-state index contributed by atoms with van der Waals surface area (Å²) in [5.41, 5.74) is 4.93. The maximum Gasteiger partial charge on any atom is 0.0529 e. The Hall–Kier alpha value is -1.65. The summed E-state index contributed by atoms with van der Waals surface area (Å²) in [7, 11) is 0. The molecule has 3 nitrogen and oxygen atoms in total. The molecular formula is C20H25N3S. The third-order valence-electron chi connectivity index (χ3n) is 5.22. The number of anilines is 1. The van der Waals surface area contributed by atoms with Crippen molar-refractivity contribution in [2.45, 2.75) is 38.1 Å². The Bertz CT molecular complexity index is 702. The molecule has 1 aromatic carbocycles. The van der Waals surface area contributed by atoms with E-state index in [1.807, 2.05) is 12.1 Å². The monoisotopic (exact) mass is 339 g/mol. The first kappa shape index (κ1) is 15.9. The van der Waals surface area contributed by atoms with Gasteiger partial charge in [-0.2, -0.15) is 0 Å². The minimum absolute atomic E-state index is 0.650. The Labute approximate surface area is 148 Å². The zero-order valence-electron chi connectivity index (χ0n) is 14.1. The summed E-state index contributed by atoms with van der Waals surface area (Å²) in [5.74, 6) is 0. The quantitative estimate of drug-likeness (QED) is 0.830. The van der Waals surface area contributed by atoms with Crippen molar-refractivity contribution < 1.29 is 0 Å². The largest absolute Gasteiger partial charge is 0.367 e. The minimum atomic E-state index is 0.650. The highest BCUT2D eigenvalue weighted by atomic mass is 32.1. The Kier molecular flexibility index (Phi) is 4.67. The highest BCUT2D eigenvalue weighted by Gasteiger charge is 2.25. The second-order valence-corrected chi connectivity index (χ2v) is 7.84. The van der Waals surface area contributed by atoms with E-state index in [0.29, 0.717) is 6.04 Å². The number of benzene rings is 1. The maximum atomic E-state index is 8.33. The normalized spacial score (nSPS) is 20.7. The standard InChI is InChI=1S/C20H25N3S/c21-18(20-5-3-11-24-20)13-15-6-7-19-16(12-15)4-1-2-10-23(19)17-8-9-22-14-17/h3,5-7,11-12,17,21-22H,1-2,4,8-10,13-14H2. The number of thiophene rings is 1. The lowest BCUT2D eigenvalue weighted by atomic mass is 10.00. The topological polar surface area (TPSA) is 39.1 Å². The molecule has 2 aromatic rings. The summed E-state index contributed by atoms with van der Waals surface area (Å²) < 4.78 is 0. The molecule has 2 aliphatic heterocycles. The number of hydrogen-bond acceptors (Lipinski definition) is 4. The molecule has 24 heavy (non-hydrogen) atoms. The van der Waals surface area contributed by atoms with E-state index in [9.17, 15) is 0 Å². The van der Waals surface area contributed by atoms with Crippen molar-refractivity contribution in [3.8, 4) is 0 Å². The van der Waals surface area contributed by atoms with E-state index < -0.39 is 0 Å². The van der Waals surface area contributed by atoms with Gasteiger partial charge in [-0.25, -0.2) is 0 Å². The van der Waals surface area contributed by atoms with E-state index in [1.54, 1.807) is 11.3 Å². The van der Waals surface area contributed by atoms with Crippen LogP contribution in [0.25, 0.3) is 0 Å². The van der Waals surface area contributed by atoms with Crippen molar-refractivity contribution >= 4 is 22.7 Å². The molecule has 1 atom stereocenters. The highest BCUT2D eigenvalue weighted by molar-refractivity contribution is 7.12. The summed E-state index contributed by atoms with van der Waals surface area (Å²) in [6.07, 6.45) is 5.72. The number of fused-ring (bicyclic) bond motifs is 1. The van der Waals surface area contributed by atoms with Crippen molar-refractivity contribution in [3.05, 3.63) is 51.7 Å². The summed E-state index contributed by atoms with van der Waals surface area (Å²) >= 11 is 1.66. The van der Waals surface area contributed by atoms with Gasteiger partial charge >= 0.3 is 0 Å². The van der Waals surface area contributed by atoms with Gasteiger partial charge in [-0.1, -0.05) is 18.2 Å². The van der Waals surface area contributed by atoms with Crippen molar-refractivity contribution in [2.24, 2.45) is 0 Å². The smallest absolute Gasteiger partial charge is 0.0529 e. The van der Waals surface area contributed by atoms with Crippen LogP contribution in [0.2, 0.25) is 0 Å². The SMILES string of the molecule is N=C(Cc1ccc2c(c1)CCCCN2C1CCNC1)c1cccs1. The van der Waals surface area contributed by atoms with Gasteiger partial charge < -0.3 is 15.6 Å². The lowest BCUT2D eigenvalue weighted by Crippen LogP contribution is -2.37. The van der Waals surface area contributed by atoms with Crippen molar-refractivity contribution in [1.29, 1.82) is 5.41 Å². The van der Waals surface area contributed by atoms with Gasteiger partial charge in [0.15, 0.2) is 0 Å². The third kappa shape index (κ3) is 3.26. The van der Waals surface area contributed by atoms with E-state index in [0.717, 1.165) is 30.1 Å². The molecule has 0 spiro atoms. The molecule has 3 heterocycles. The van der Waals surface area contributed by atoms with Crippen LogP contribution in [0.15, 0.2) is 35.7 Å². The average Bonchev–Trinajstić information content (AvgIpc) is 3.26. The van der Waals surface area contributed by atoms with Crippen LogP contribution >= 0.6 is 11.3 Å². The second kappa shape index (κ2) is 7.08.